The van der Waals surface area contributed by atoms with Crippen LogP contribution in [0.1, 0.15) is 18.9 Å². The minimum atomic E-state index is -4.60. The summed E-state index contributed by atoms with van der Waals surface area (Å²) in [5, 5.41) is 2.66. The lowest BCUT2D eigenvalue weighted by Crippen LogP contribution is -2.32. The summed E-state index contributed by atoms with van der Waals surface area (Å²) in [6.07, 6.45) is -5.04. The van der Waals surface area contributed by atoms with E-state index in [1.807, 2.05) is 0 Å². The van der Waals surface area contributed by atoms with Crippen molar-refractivity contribution in [3.63, 3.8) is 0 Å². The van der Waals surface area contributed by atoms with E-state index in [1.54, 1.807) is 31.2 Å². The Morgan fingerprint density at radius 3 is 2.23 bits per heavy atom. The summed E-state index contributed by atoms with van der Waals surface area (Å²) in [6.45, 7) is 1.78. The molecule has 0 aliphatic heterocycles. The van der Waals surface area contributed by atoms with Crippen molar-refractivity contribution in [2.75, 3.05) is 17.1 Å². The molecule has 0 saturated carbocycles. The van der Waals surface area contributed by atoms with Crippen LogP contribution < -0.4 is 19.5 Å². The number of benzene rings is 3. The van der Waals surface area contributed by atoms with E-state index in [0.29, 0.717) is 29.7 Å². The molecule has 0 fully saturated rings. The van der Waals surface area contributed by atoms with Crippen molar-refractivity contribution in [1.29, 1.82) is 0 Å². The molecule has 11 heteroatoms. The molecule has 0 aliphatic rings. The fourth-order valence-corrected chi connectivity index (χ4v) is 4.12. The maximum Gasteiger partial charge on any atom is 0.416 e. The molecule has 1 amide bonds. The number of amides is 1. The van der Waals surface area contributed by atoms with Gasteiger partial charge in [0.25, 0.3) is 15.9 Å². The lowest BCUT2D eigenvalue weighted by atomic mass is 10.2. The number of hydrogen-bond donors (Lipinski definition) is 2. The van der Waals surface area contributed by atoms with Gasteiger partial charge in [-0.15, -0.1) is 0 Å². The van der Waals surface area contributed by atoms with Crippen LogP contribution in [0, 0.1) is 0 Å². The Hall–Kier alpha value is -3.73. The summed E-state index contributed by atoms with van der Waals surface area (Å²) in [6, 6.07) is 15.9. The second-order valence-corrected chi connectivity index (χ2v) is 9.07. The largest absolute Gasteiger partial charge is 0.497 e. The zero-order valence-electron chi connectivity index (χ0n) is 18.8. The van der Waals surface area contributed by atoms with Crippen LogP contribution in [-0.4, -0.2) is 27.5 Å². The number of methoxy groups -OCH3 is 1. The van der Waals surface area contributed by atoms with Crippen molar-refractivity contribution >= 4 is 27.3 Å². The third-order valence-corrected chi connectivity index (χ3v) is 6.25. The number of carbonyl (C=O) groups is 1. The van der Waals surface area contributed by atoms with Crippen molar-refractivity contribution in [2.45, 2.75) is 30.5 Å². The zero-order valence-corrected chi connectivity index (χ0v) is 19.6. The fourth-order valence-electron chi connectivity index (χ4n) is 3.07. The summed E-state index contributed by atoms with van der Waals surface area (Å²) in [4.78, 5) is 12.5. The van der Waals surface area contributed by atoms with Crippen molar-refractivity contribution < 1.29 is 35.9 Å². The number of carbonyl (C=O) groups excluding carboxylic acids is 1. The average Bonchev–Trinajstić information content (AvgIpc) is 2.82. The highest BCUT2D eigenvalue weighted by molar-refractivity contribution is 7.92. The first-order chi connectivity index (χ1) is 16.5. The maximum absolute atomic E-state index is 12.9. The molecule has 3 aromatic rings. The standard InChI is InChI=1S/C24H23F3N2O5S/c1-3-22(34-20-9-5-8-19(15-20)33-2)23(30)28-17-10-12-21(13-11-17)35(31,32)29-18-7-4-6-16(14-18)24(25,26)27/h4-15,22,29H,3H2,1-2H3,(H,28,30)/t22-/m0/s1. The van der Waals surface area contributed by atoms with Gasteiger partial charge in [-0.05, 0) is 61.0 Å². The van der Waals surface area contributed by atoms with E-state index in [1.165, 1.54) is 37.4 Å². The lowest BCUT2D eigenvalue weighted by Gasteiger charge is -2.18. The quantitative estimate of drug-likeness (QED) is 0.409. The highest BCUT2D eigenvalue weighted by Gasteiger charge is 2.30. The molecule has 0 saturated heterocycles. The fraction of sp³-hybridized carbons (Fsp3) is 0.208. The predicted molar refractivity (Wildman–Crippen MR) is 125 cm³/mol. The van der Waals surface area contributed by atoms with Crippen LogP contribution in [0.3, 0.4) is 0 Å². The maximum atomic E-state index is 12.9. The van der Waals surface area contributed by atoms with Crippen LogP contribution in [-0.2, 0) is 21.0 Å². The topological polar surface area (TPSA) is 93.7 Å². The minimum absolute atomic E-state index is 0.187. The summed E-state index contributed by atoms with van der Waals surface area (Å²) in [5.74, 6) is 0.592. The van der Waals surface area contributed by atoms with Gasteiger partial charge in [0.15, 0.2) is 6.10 Å². The normalized spacial score (nSPS) is 12.5. The van der Waals surface area contributed by atoms with Crippen LogP contribution in [0.5, 0.6) is 11.5 Å². The van der Waals surface area contributed by atoms with Crippen LogP contribution in [0.4, 0.5) is 24.5 Å². The molecule has 0 bridgehead atoms. The van der Waals surface area contributed by atoms with Crippen molar-refractivity contribution in [2.24, 2.45) is 0 Å². The van der Waals surface area contributed by atoms with Crippen LogP contribution in [0.15, 0.2) is 77.7 Å². The number of anilines is 2. The van der Waals surface area contributed by atoms with Gasteiger partial charge in [-0.1, -0.05) is 19.1 Å². The SMILES string of the molecule is CC[C@H](Oc1cccc(OC)c1)C(=O)Nc1ccc(S(=O)(=O)Nc2cccc(C(F)(F)F)c2)cc1. The van der Waals surface area contributed by atoms with E-state index in [4.69, 9.17) is 9.47 Å². The molecule has 0 unspecified atom stereocenters. The van der Waals surface area contributed by atoms with Gasteiger partial charge in [0.2, 0.25) is 0 Å². The van der Waals surface area contributed by atoms with E-state index in [9.17, 15) is 26.4 Å². The first-order valence-electron chi connectivity index (χ1n) is 10.4. The van der Waals surface area contributed by atoms with Crippen molar-refractivity contribution in [3.05, 3.63) is 78.4 Å². The van der Waals surface area contributed by atoms with E-state index in [-0.39, 0.29) is 10.6 Å². The first kappa shape index (κ1) is 25.9. The van der Waals surface area contributed by atoms with Gasteiger partial charge in [-0.3, -0.25) is 9.52 Å². The smallest absolute Gasteiger partial charge is 0.416 e. The van der Waals surface area contributed by atoms with E-state index in [2.05, 4.69) is 10.0 Å². The first-order valence-corrected chi connectivity index (χ1v) is 11.9. The molecule has 186 valence electrons. The summed E-state index contributed by atoms with van der Waals surface area (Å²) >= 11 is 0. The molecule has 0 heterocycles. The summed E-state index contributed by atoms with van der Waals surface area (Å²) < 4.78 is 76.9. The molecular formula is C24H23F3N2O5S. The number of halogens is 3. The van der Waals surface area contributed by atoms with Crippen molar-refractivity contribution in [3.8, 4) is 11.5 Å². The van der Waals surface area contributed by atoms with E-state index >= 15 is 0 Å². The number of hydrogen-bond acceptors (Lipinski definition) is 5. The highest BCUT2D eigenvalue weighted by Crippen LogP contribution is 2.31. The number of nitrogens with one attached hydrogen (secondary N) is 2. The molecule has 3 aromatic carbocycles. The zero-order chi connectivity index (χ0) is 25.6. The Bertz CT molecular complexity index is 1280. The summed E-state index contributed by atoms with van der Waals surface area (Å²) in [5.41, 5.74) is -0.879. The van der Waals surface area contributed by atoms with Gasteiger partial charge in [0, 0.05) is 17.4 Å². The third kappa shape index (κ3) is 6.89. The molecule has 1 atom stereocenters. The highest BCUT2D eigenvalue weighted by atomic mass is 32.2. The number of alkyl halides is 3. The van der Waals surface area contributed by atoms with Crippen LogP contribution >= 0.6 is 0 Å². The van der Waals surface area contributed by atoms with Gasteiger partial charge in [0.05, 0.1) is 17.6 Å². The Labute approximate surface area is 200 Å². The Kier molecular flexibility index (Phi) is 7.90. The van der Waals surface area contributed by atoms with Gasteiger partial charge >= 0.3 is 6.18 Å². The number of rotatable bonds is 9. The molecular weight excluding hydrogens is 485 g/mol. The van der Waals surface area contributed by atoms with Crippen LogP contribution in [0.2, 0.25) is 0 Å². The molecule has 35 heavy (non-hydrogen) atoms. The molecule has 0 spiro atoms. The Morgan fingerprint density at radius 2 is 1.60 bits per heavy atom. The molecule has 0 radical (unpaired) electrons. The number of ether oxygens (including phenoxy) is 2. The average molecular weight is 509 g/mol. The molecule has 7 nitrogen and oxygen atoms in total. The van der Waals surface area contributed by atoms with Gasteiger partial charge in [-0.25, -0.2) is 8.42 Å². The second kappa shape index (κ2) is 10.7. The van der Waals surface area contributed by atoms with E-state index in [0.717, 1.165) is 12.1 Å². The minimum Gasteiger partial charge on any atom is -0.497 e. The van der Waals surface area contributed by atoms with E-state index < -0.39 is 33.8 Å². The van der Waals surface area contributed by atoms with Crippen molar-refractivity contribution in [1.82, 2.24) is 0 Å². The molecule has 3 rings (SSSR count). The summed E-state index contributed by atoms with van der Waals surface area (Å²) in [7, 11) is -2.64. The predicted octanol–water partition coefficient (Wildman–Crippen LogP) is 5.31. The van der Waals surface area contributed by atoms with Gasteiger partial charge in [0.1, 0.15) is 11.5 Å². The molecule has 2 N–H and O–H groups in total. The van der Waals surface area contributed by atoms with Crippen LogP contribution in [0.25, 0.3) is 0 Å². The lowest BCUT2D eigenvalue weighted by molar-refractivity contribution is -0.137. The van der Waals surface area contributed by atoms with Gasteiger partial charge < -0.3 is 14.8 Å². The Balaban J connectivity index is 1.68. The monoisotopic (exact) mass is 508 g/mol. The third-order valence-electron chi connectivity index (χ3n) is 4.86. The second-order valence-electron chi connectivity index (χ2n) is 7.39. The number of sulfonamides is 1. The van der Waals surface area contributed by atoms with Gasteiger partial charge in [-0.2, -0.15) is 13.2 Å². The molecule has 0 aromatic heterocycles. The Morgan fingerprint density at radius 1 is 0.943 bits per heavy atom. The molecule has 0 aliphatic carbocycles.